The van der Waals surface area contributed by atoms with Crippen LogP contribution in [0.5, 0.6) is 0 Å². The van der Waals surface area contributed by atoms with Crippen molar-refractivity contribution in [3.8, 4) is 11.1 Å². The van der Waals surface area contributed by atoms with Gasteiger partial charge in [-0.2, -0.15) is 0 Å². The third-order valence-electron chi connectivity index (χ3n) is 7.05. The fraction of sp³-hybridized carbons (Fsp3) is 0.444. The average Bonchev–Trinajstić information content (AvgIpc) is 3.16. The quantitative estimate of drug-likeness (QED) is 0.535. The van der Waals surface area contributed by atoms with E-state index in [-0.39, 0.29) is 36.8 Å². The molecule has 34 heavy (non-hydrogen) atoms. The summed E-state index contributed by atoms with van der Waals surface area (Å²) in [7, 11) is 0. The van der Waals surface area contributed by atoms with Crippen molar-refractivity contribution in [3.05, 3.63) is 59.7 Å². The smallest absolute Gasteiger partial charge is 0.407 e. The molecule has 2 aromatic rings. The molecule has 1 saturated carbocycles. The first-order valence-corrected chi connectivity index (χ1v) is 12.1. The Labute approximate surface area is 199 Å². The molecule has 7 nitrogen and oxygen atoms in total. The number of carbonyl (C=O) groups excluding carboxylic acids is 2. The van der Waals surface area contributed by atoms with E-state index in [4.69, 9.17) is 9.84 Å². The summed E-state index contributed by atoms with van der Waals surface area (Å²) in [5.74, 6) is -1.15. The van der Waals surface area contributed by atoms with Crippen LogP contribution in [0, 0.1) is 5.92 Å². The fourth-order valence-electron chi connectivity index (χ4n) is 5.23. The van der Waals surface area contributed by atoms with Crippen molar-refractivity contribution in [2.75, 3.05) is 6.61 Å². The third kappa shape index (κ3) is 5.41. The van der Waals surface area contributed by atoms with E-state index in [0.717, 1.165) is 25.7 Å². The number of hydrogen-bond donors (Lipinski definition) is 3. The molecule has 0 saturated heterocycles. The lowest BCUT2D eigenvalue weighted by Crippen LogP contribution is -2.43. The van der Waals surface area contributed by atoms with E-state index < -0.39 is 18.1 Å². The Kier molecular flexibility index (Phi) is 7.50. The molecule has 4 rings (SSSR count). The van der Waals surface area contributed by atoms with Crippen LogP contribution in [0.3, 0.4) is 0 Å². The second-order valence-corrected chi connectivity index (χ2v) is 9.29. The third-order valence-corrected chi connectivity index (χ3v) is 7.05. The Morgan fingerprint density at radius 2 is 1.62 bits per heavy atom. The van der Waals surface area contributed by atoms with Crippen LogP contribution in [0.2, 0.25) is 0 Å². The van der Waals surface area contributed by atoms with E-state index in [2.05, 4.69) is 34.9 Å². The molecule has 0 heterocycles. The first-order chi connectivity index (χ1) is 16.4. The van der Waals surface area contributed by atoms with Crippen LogP contribution in [-0.2, 0) is 14.3 Å². The molecule has 0 aromatic heterocycles. The number of fused-ring (bicyclic) bond motifs is 3. The van der Waals surface area contributed by atoms with Gasteiger partial charge in [-0.25, -0.2) is 4.79 Å². The number of aliphatic carboxylic acids is 1. The molecule has 2 amide bonds. The number of carboxylic acid groups (broad SMARTS) is 1. The molecule has 1 fully saturated rings. The van der Waals surface area contributed by atoms with Crippen molar-refractivity contribution >= 4 is 18.0 Å². The van der Waals surface area contributed by atoms with E-state index in [1.54, 1.807) is 0 Å². The normalized spacial score (nSPS) is 20.0. The van der Waals surface area contributed by atoms with Crippen molar-refractivity contribution in [1.82, 2.24) is 10.6 Å². The maximum absolute atomic E-state index is 12.7. The van der Waals surface area contributed by atoms with Gasteiger partial charge in [0.25, 0.3) is 0 Å². The Morgan fingerprint density at radius 1 is 1.00 bits per heavy atom. The summed E-state index contributed by atoms with van der Waals surface area (Å²) in [4.78, 5) is 35.7. The number of carboxylic acids is 1. The molecule has 0 radical (unpaired) electrons. The summed E-state index contributed by atoms with van der Waals surface area (Å²) in [5.41, 5.74) is 4.73. The van der Waals surface area contributed by atoms with Gasteiger partial charge in [0.1, 0.15) is 12.6 Å². The Balaban J connectivity index is 1.31. The summed E-state index contributed by atoms with van der Waals surface area (Å²) < 4.78 is 5.70. The molecule has 0 bridgehead atoms. The number of rotatable bonds is 8. The van der Waals surface area contributed by atoms with Crippen molar-refractivity contribution in [3.63, 3.8) is 0 Å². The summed E-state index contributed by atoms with van der Waals surface area (Å²) in [6.07, 6.45) is 4.27. The highest BCUT2D eigenvalue weighted by Gasteiger charge is 2.31. The average molecular weight is 465 g/mol. The van der Waals surface area contributed by atoms with Gasteiger partial charge in [-0.15, -0.1) is 0 Å². The van der Waals surface area contributed by atoms with Crippen LogP contribution in [0.4, 0.5) is 4.79 Å². The van der Waals surface area contributed by atoms with Gasteiger partial charge in [0.15, 0.2) is 0 Å². The second kappa shape index (κ2) is 10.7. The molecule has 0 spiro atoms. The molecule has 2 aliphatic rings. The summed E-state index contributed by atoms with van der Waals surface area (Å²) >= 11 is 0. The molecule has 7 heteroatoms. The van der Waals surface area contributed by atoms with Gasteiger partial charge in [-0.3, -0.25) is 9.59 Å². The highest BCUT2D eigenvalue weighted by molar-refractivity contribution is 5.83. The number of alkyl carbamates (subject to hydrolysis) is 1. The minimum atomic E-state index is -1.05. The molecule has 3 atom stereocenters. The SMILES string of the molecule is C[C@H](NC(=O)CCC1CCCCC1NC(=O)OCC1c2ccccc2-c2ccccc21)C(=O)O. The Hall–Kier alpha value is -3.35. The summed E-state index contributed by atoms with van der Waals surface area (Å²) in [6, 6.07) is 15.5. The molecule has 0 aliphatic heterocycles. The lowest BCUT2D eigenvalue weighted by molar-refractivity contribution is -0.141. The van der Waals surface area contributed by atoms with E-state index in [1.807, 2.05) is 24.3 Å². The lowest BCUT2D eigenvalue weighted by Gasteiger charge is -2.32. The predicted molar refractivity (Wildman–Crippen MR) is 128 cm³/mol. The predicted octanol–water partition coefficient (Wildman–Crippen LogP) is 4.45. The maximum Gasteiger partial charge on any atom is 0.407 e. The van der Waals surface area contributed by atoms with E-state index in [9.17, 15) is 14.4 Å². The number of ether oxygens (including phenoxy) is 1. The molecule has 2 unspecified atom stereocenters. The Bertz CT molecular complexity index is 1010. The maximum atomic E-state index is 12.7. The zero-order valence-corrected chi connectivity index (χ0v) is 19.5. The van der Waals surface area contributed by atoms with E-state index in [1.165, 1.54) is 29.2 Å². The number of benzene rings is 2. The first kappa shape index (κ1) is 23.8. The van der Waals surface area contributed by atoms with E-state index >= 15 is 0 Å². The highest BCUT2D eigenvalue weighted by atomic mass is 16.5. The summed E-state index contributed by atoms with van der Waals surface area (Å²) in [6.45, 7) is 1.72. The van der Waals surface area contributed by atoms with Crippen LogP contribution in [-0.4, -0.2) is 41.8 Å². The van der Waals surface area contributed by atoms with Crippen molar-refractivity contribution < 1.29 is 24.2 Å². The van der Waals surface area contributed by atoms with Gasteiger partial charge in [-0.1, -0.05) is 61.4 Å². The largest absolute Gasteiger partial charge is 0.480 e. The minimum absolute atomic E-state index is 0.0141. The standard InChI is InChI=1S/C27H32N2O5/c1-17(26(31)32)28-25(30)15-14-18-8-2-7-13-24(18)29-27(33)34-16-23-21-11-5-3-9-19(21)20-10-4-6-12-22(20)23/h3-6,9-12,17-18,23-24H,2,7-8,13-16H2,1H3,(H,28,30)(H,29,33)(H,31,32)/t17-,18?,24?/m0/s1. The number of carbonyl (C=O) groups is 3. The monoisotopic (exact) mass is 464 g/mol. The van der Waals surface area contributed by atoms with Gasteiger partial charge in [0.05, 0.1) is 0 Å². The van der Waals surface area contributed by atoms with Crippen LogP contribution < -0.4 is 10.6 Å². The van der Waals surface area contributed by atoms with Gasteiger partial charge in [0, 0.05) is 18.4 Å². The van der Waals surface area contributed by atoms with Crippen molar-refractivity contribution in [2.45, 2.75) is 63.5 Å². The Morgan fingerprint density at radius 3 is 2.26 bits per heavy atom. The van der Waals surface area contributed by atoms with Crippen molar-refractivity contribution in [2.24, 2.45) is 5.92 Å². The molecule has 2 aliphatic carbocycles. The van der Waals surface area contributed by atoms with Crippen LogP contribution in [0.25, 0.3) is 11.1 Å². The molecule has 3 N–H and O–H groups in total. The molecular formula is C27H32N2O5. The topological polar surface area (TPSA) is 105 Å². The zero-order valence-electron chi connectivity index (χ0n) is 19.5. The minimum Gasteiger partial charge on any atom is -0.480 e. The highest BCUT2D eigenvalue weighted by Crippen LogP contribution is 2.44. The molecule has 2 aromatic carbocycles. The van der Waals surface area contributed by atoms with Gasteiger partial charge in [-0.05, 0) is 54.4 Å². The lowest BCUT2D eigenvalue weighted by atomic mass is 9.81. The van der Waals surface area contributed by atoms with Crippen molar-refractivity contribution in [1.29, 1.82) is 0 Å². The van der Waals surface area contributed by atoms with Crippen LogP contribution in [0.15, 0.2) is 48.5 Å². The number of amides is 2. The van der Waals surface area contributed by atoms with E-state index in [0.29, 0.717) is 6.42 Å². The van der Waals surface area contributed by atoms with Gasteiger partial charge in [0.2, 0.25) is 5.91 Å². The fourth-order valence-corrected chi connectivity index (χ4v) is 5.23. The number of nitrogens with one attached hydrogen (secondary N) is 2. The summed E-state index contributed by atoms with van der Waals surface area (Å²) in [5, 5.41) is 14.5. The number of hydrogen-bond acceptors (Lipinski definition) is 4. The first-order valence-electron chi connectivity index (χ1n) is 12.1. The van der Waals surface area contributed by atoms with Gasteiger partial charge >= 0.3 is 12.1 Å². The molecule has 180 valence electrons. The van der Waals surface area contributed by atoms with Crippen LogP contribution >= 0.6 is 0 Å². The second-order valence-electron chi connectivity index (χ2n) is 9.29. The zero-order chi connectivity index (χ0) is 24.1. The van der Waals surface area contributed by atoms with Gasteiger partial charge < -0.3 is 20.5 Å². The molecular weight excluding hydrogens is 432 g/mol. The van der Waals surface area contributed by atoms with Crippen LogP contribution in [0.1, 0.15) is 62.5 Å².